The van der Waals surface area contributed by atoms with E-state index >= 15 is 0 Å². The Labute approximate surface area is 102 Å². The Kier molecular flexibility index (Phi) is 4.73. The topological polar surface area (TPSA) is 79.8 Å². The van der Waals surface area contributed by atoms with Gasteiger partial charge in [-0.15, -0.1) is 0 Å². The van der Waals surface area contributed by atoms with E-state index < -0.39 is 12.2 Å². The Bertz CT molecular complexity index is 265. The second-order valence-corrected chi connectivity index (χ2v) is 5.29. The molecule has 0 saturated carbocycles. The molecule has 6 heteroatoms. The first-order valence-corrected chi connectivity index (χ1v) is 5.79. The minimum absolute atomic E-state index is 0.0113. The van der Waals surface area contributed by atoms with Crippen molar-refractivity contribution in [1.82, 2.24) is 10.6 Å². The fourth-order valence-electron chi connectivity index (χ4n) is 1.49. The number of aliphatic hydroxyl groups excluding tert-OH is 1. The van der Waals surface area contributed by atoms with Gasteiger partial charge in [0.25, 0.3) is 0 Å². The smallest absolute Gasteiger partial charge is 0.407 e. The molecule has 0 aliphatic carbocycles. The Morgan fingerprint density at radius 3 is 2.76 bits per heavy atom. The first kappa shape index (κ1) is 14.2. The Hall–Kier alpha value is -0.850. The van der Waals surface area contributed by atoms with Gasteiger partial charge in [0.05, 0.1) is 19.3 Å². The van der Waals surface area contributed by atoms with Gasteiger partial charge in [-0.1, -0.05) is 0 Å². The Balaban J connectivity index is 2.34. The summed E-state index contributed by atoms with van der Waals surface area (Å²) in [5.74, 6) is 0. The molecule has 0 aromatic carbocycles. The first-order valence-electron chi connectivity index (χ1n) is 5.79. The van der Waals surface area contributed by atoms with Crippen molar-refractivity contribution in [3.8, 4) is 0 Å². The fraction of sp³-hybridized carbons (Fsp3) is 0.909. The maximum Gasteiger partial charge on any atom is 0.407 e. The minimum atomic E-state index is -0.470. The van der Waals surface area contributed by atoms with Gasteiger partial charge in [0.15, 0.2) is 0 Å². The van der Waals surface area contributed by atoms with Crippen LogP contribution in [0.2, 0.25) is 0 Å². The fourth-order valence-corrected chi connectivity index (χ4v) is 1.49. The third kappa shape index (κ3) is 4.89. The summed E-state index contributed by atoms with van der Waals surface area (Å²) in [6.45, 7) is 7.83. The van der Waals surface area contributed by atoms with Crippen LogP contribution in [-0.4, -0.2) is 48.3 Å². The number of aliphatic hydroxyl groups is 1. The van der Waals surface area contributed by atoms with Gasteiger partial charge in [0.1, 0.15) is 12.3 Å². The lowest BCUT2D eigenvalue weighted by molar-refractivity contribution is -0.0143. The molecule has 1 fully saturated rings. The van der Waals surface area contributed by atoms with Crippen LogP contribution in [0.3, 0.4) is 0 Å². The number of carbonyl (C=O) groups is 1. The lowest BCUT2D eigenvalue weighted by atomic mass is 10.1. The van der Waals surface area contributed by atoms with E-state index in [9.17, 15) is 4.79 Å². The zero-order valence-electron chi connectivity index (χ0n) is 10.8. The van der Waals surface area contributed by atoms with Gasteiger partial charge in [-0.2, -0.15) is 0 Å². The van der Waals surface area contributed by atoms with Gasteiger partial charge in [0, 0.05) is 5.54 Å². The lowest BCUT2D eigenvalue weighted by Gasteiger charge is -2.24. The van der Waals surface area contributed by atoms with E-state index in [2.05, 4.69) is 10.6 Å². The quantitative estimate of drug-likeness (QED) is 0.663. The van der Waals surface area contributed by atoms with Crippen LogP contribution in [-0.2, 0) is 9.47 Å². The zero-order chi connectivity index (χ0) is 13.1. The van der Waals surface area contributed by atoms with Gasteiger partial charge < -0.3 is 19.9 Å². The Morgan fingerprint density at radius 2 is 2.29 bits per heavy atom. The summed E-state index contributed by atoms with van der Waals surface area (Å²) < 4.78 is 10.6. The highest BCUT2D eigenvalue weighted by molar-refractivity contribution is 5.68. The highest BCUT2D eigenvalue weighted by atomic mass is 16.6. The summed E-state index contributed by atoms with van der Waals surface area (Å²) in [4.78, 5) is 11.5. The predicted octanol–water partition coefficient (Wildman–Crippen LogP) is 0.206. The number of amides is 1. The van der Waals surface area contributed by atoms with E-state index in [1.165, 1.54) is 0 Å². The van der Waals surface area contributed by atoms with E-state index in [-0.39, 0.29) is 24.4 Å². The number of hydrogen-bond donors (Lipinski definition) is 3. The number of hydrogen-bond acceptors (Lipinski definition) is 5. The third-order valence-corrected chi connectivity index (χ3v) is 2.29. The average molecular weight is 246 g/mol. The molecule has 17 heavy (non-hydrogen) atoms. The van der Waals surface area contributed by atoms with E-state index in [1.54, 1.807) is 6.92 Å². The zero-order valence-corrected chi connectivity index (χ0v) is 10.8. The number of ether oxygens (including phenoxy) is 2. The van der Waals surface area contributed by atoms with Crippen molar-refractivity contribution in [2.75, 3.05) is 13.2 Å². The van der Waals surface area contributed by atoms with Gasteiger partial charge in [-0.25, -0.2) is 4.79 Å². The van der Waals surface area contributed by atoms with Crippen LogP contribution >= 0.6 is 0 Å². The van der Waals surface area contributed by atoms with Gasteiger partial charge in [-0.05, 0) is 27.7 Å². The van der Waals surface area contributed by atoms with Crippen LogP contribution in [0.4, 0.5) is 4.79 Å². The normalized spacial score (nSPS) is 26.6. The second kappa shape index (κ2) is 5.66. The molecule has 1 aliphatic heterocycles. The summed E-state index contributed by atoms with van der Waals surface area (Å²) in [5, 5.41) is 14.7. The summed E-state index contributed by atoms with van der Waals surface area (Å²) in [5.41, 5.74) is -0.325. The maximum absolute atomic E-state index is 11.5. The number of alkyl carbamates (subject to hydrolysis) is 1. The van der Waals surface area contributed by atoms with Crippen molar-refractivity contribution < 1.29 is 19.4 Å². The van der Waals surface area contributed by atoms with Crippen molar-refractivity contribution in [1.29, 1.82) is 0 Å². The molecular formula is C11H22N2O4. The van der Waals surface area contributed by atoms with Crippen LogP contribution in [0, 0.1) is 0 Å². The molecule has 0 aromatic rings. The highest BCUT2D eigenvalue weighted by Gasteiger charge is 2.30. The molecule has 0 radical (unpaired) electrons. The monoisotopic (exact) mass is 246 g/mol. The van der Waals surface area contributed by atoms with Gasteiger partial charge >= 0.3 is 6.09 Å². The van der Waals surface area contributed by atoms with Crippen LogP contribution in [0.15, 0.2) is 0 Å². The number of carbonyl (C=O) groups excluding carboxylic acids is 1. The highest BCUT2D eigenvalue weighted by Crippen LogP contribution is 2.10. The summed E-state index contributed by atoms with van der Waals surface area (Å²) >= 11 is 0. The van der Waals surface area contributed by atoms with Crippen LogP contribution < -0.4 is 10.6 Å². The second-order valence-electron chi connectivity index (χ2n) is 5.29. The van der Waals surface area contributed by atoms with E-state index in [4.69, 9.17) is 14.6 Å². The molecule has 1 saturated heterocycles. The summed E-state index contributed by atoms with van der Waals surface area (Å²) in [6, 6.07) is -0.0864. The lowest BCUT2D eigenvalue weighted by Crippen LogP contribution is -2.46. The van der Waals surface area contributed by atoms with Crippen molar-refractivity contribution >= 4 is 6.09 Å². The van der Waals surface area contributed by atoms with Crippen molar-refractivity contribution in [3.05, 3.63) is 0 Å². The molecule has 100 valence electrons. The van der Waals surface area contributed by atoms with Crippen LogP contribution in [0.1, 0.15) is 27.7 Å². The van der Waals surface area contributed by atoms with Crippen molar-refractivity contribution in [2.24, 2.45) is 0 Å². The standard InChI is InChI=1S/C11H22N2O4/c1-7(9-12-8(5-14)6-16-9)17-10(15)13-11(2,3)4/h7-9,12,14H,5-6H2,1-4H3,(H,13,15)/t7-,8?,9?/m1/s1. The molecule has 1 heterocycles. The average Bonchev–Trinajstić information content (AvgIpc) is 2.62. The first-order chi connectivity index (χ1) is 7.81. The van der Waals surface area contributed by atoms with Gasteiger partial charge in [-0.3, -0.25) is 5.32 Å². The van der Waals surface area contributed by atoms with E-state index in [1.807, 2.05) is 20.8 Å². The van der Waals surface area contributed by atoms with Gasteiger partial charge in [0.2, 0.25) is 0 Å². The minimum Gasteiger partial charge on any atom is -0.442 e. The SMILES string of the molecule is C[C@@H](OC(=O)NC(C)(C)C)C1NC(CO)CO1. The molecule has 2 unspecified atom stereocenters. The Morgan fingerprint density at radius 1 is 1.65 bits per heavy atom. The molecule has 3 N–H and O–H groups in total. The summed E-state index contributed by atoms with van der Waals surface area (Å²) in [7, 11) is 0. The van der Waals surface area contributed by atoms with Crippen LogP contribution in [0.5, 0.6) is 0 Å². The molecule has 0 spiro atoms. The molecule has 1 rings (SSSR count). The van der Waals surface area contributed by atoms with Crippen molar-refractivity contribution in [2.45, 2.75) is 51.6 Å². The molecule has 6 nitrogen and oxygen atoms in total. The van der Waals surface area contributed by atoms with Crippen molar-refractivity contribution in [3.63, 3.8) is 0 Å². The van der Waals surface area contributed by atoms with E-state index in [0.29, 0.717) is 6.61 Å². The molecule has 1 amide bonds. The molecule has 0 bridgehead atoms. The third-order valence-electron chi connectivity index (χ3n) is 2.29. The molecule has 0 aromatic heterocycles. The maximum atomic E-state index is 11.5. The predicted molar refractivity (Wildman–Crippen MR) is 62.6 cm³/mol. The number of rotatable bonds is 3. The van der Waals surface area contributed by atoms with E-state index in [0.717, 1.165) is 0 Å². The molecular weight excluding hydrogens is 224 g/mol. The number of nitrogens with one attached hydrogen (secondary N) is 2. The largest absolute Gasteiger partial charge is 0.442 e. The molecule has 1 aliphatic rings. The van der Waals surface area contributed by atoms with Crippen LogP contribution in [0.25, 0.3) is 0 Å². The molecule has 3 atom stereocenters. The summed E-state index contributed by atoms with van der Waals surface area (Å²) in [6.07, 6.45) is -1.24.